The Hall–Kier alpha value is -2.50. The monoisotopic (exact) mass is 270 g/mol. The smallest absolute Gasteiger partial charge is 0.227 e. The van der Waals surface area contributed by atoms with Gasteiger partial charge in [-0.05, 0) is 19.1 Å². The van der Waals surface area contributed by atoms with Crippen LogP contribution in [0.4, 0.5) is 0 Å². The Morgan fingerprint density at radius 1 is 1.30 bits per heavy atom. The lowest BCUT2D eigenvalue weighted by Gasteiger charge is -1.89. The highest BCUT2D eigenvalue weighted by Gasteiger charge is 2.10. The summed E-state index contributed by atoms with van der Waals surface area (Å²) in [4.78, 5) is 22.8. The average molecular weight is 270 g/mol. The van der Waals surface area contributed by atoms with Gasteiger partial charge in [-0.1, -0.05) is 17.3 Å². The van der Waals surface area contributed by atoms with Crippen molar-refractivity contribution in [2.45, 2.75) is 26.2 Å². The molecule has 1 aromatic carbocycles. The van der Waals surface area contributed by atoms with Crippen molar-refractivity contribution in [2.75, 3.05) is 0 Å². The van der Waals surface area contributed by atoms with Crippen LogP contribution in [0.3, 0.4) is 0 Å². The molecule has 2 heterocycles. The zero-order valence-corrected chi connectivity index (χ0v) is 11.1. The van der Waals surface area contributed by atoms with E-state index < -0.39 is 0 Å². The van der Waals surface area contributed by atoms with Crippen LogP contribution in [0.1, 0.15) is 30.9 Å². The number of aryl methyl sites for hydroxylation is 1. The third kappa shape index (κ3) is 2.74. The Morgan fingerprint density at radius 2 is 2.15 bits per heavy atom. The number of ketones is 1. The Balaban J connectivity index is 1.72. The van der Waals surface area contributed by atoms with Crippen LogP contribution in [0.5, 0.6) is 0 Å². The van der Waals surface area contributed by atoms with E-state index in [0.717, 1.165) is 16.9 Å². The minimum Gasteiger partial charge on any atom is -0.342 e. The summed E-state index contributed by atoms with van der Waals surface area (Å²) in [5.41, 5.74) is 1.91. The van der Waals surface area contributed by atoms with E-state index in [2.05, 4.69) is 20.1 Å². The van der Waals surface area contributed by atoms with E-state index in [1.54, 1.807) is 6.92 Å². The van der Waals surface area contributed by atoms with E-state index >= 15 is 0 Å². The molecule has 0 atom stereocenters. The first-order chi connectivity index (χ1) is 9.70. The maximum Gasteiger partial charge on any atom is 0.227 e. The summed E-state index contributed by atoms with van der Waals surface area (Å²) in [6.07, 6.45) is 1.40. The van der Waals surface area contributed by atoms with Gasteiger partial charge < -0.3 is 14.3 Å². The van der Waals surface area contributed by atoms with Crippen LogP contribution < -0.4 is 0 Å². The van der Waals surface area contributed by atoms with Crippen molar-refractivity contribution in [2.24, 2.45) is 0 Å². The molecule has 20 heavy (non-hydrogen) atoms. The predicted octanol–water partition coefficient (Wildman–Crippen LogP) is 2.06. The Morgan fingerprint density at radius 3 is 2.95 bits per heavy atom. The molecule has 0 spiro atoms. The van der Waals surface area contributed by atoms with Crippen LogP contribution in [0.2, 0.25) is 0 Å². The number of aromatic amines is 1. The summed E-state index contributed by atoms with van der Waals surface area (Å²) in [6, 6.07) is 7.82. The molecule has 0 saturated heterocycles. The van der Waals surface area contributed by atoms with Gasteiger partial charge in [0.15, 0.2) is 5.82 Å². The summed E-state index contributed by atoms with van der Waals surface area (Å²) in [5.74, 6) is 1.97. The molecule has 6 nitrogen and oxygen atoms in total. The van der Waals surface area contributed by atoms with E-state index in [4.69, 9.17) is 4.52 Å². The quantitative estimate of drug-likeness (QED) is 0.767. The molecule has 0 aliphatic carbocycles. The number of aromatic nitrogens is 4. The third-order valence-corrected chi connectivity index (χ3v) is 2.97. The summed E-state index contributed by atoms with van der Waals surface area (Å²) in [6.45, 7) is 1.55. The van der Waals surface area contributed by atoms with Crippen molar-refractivity contribution < 1.29 is 9.32 Å². The molecular formula is C14H14N4O2. The van der Waals surface area contributed by atoms with Gasteiger partial charge in [0.05, 0.1) is 17.5 Å². The van der Waals surface area contributed by atoms with Crippen LogP contribution in [0.25, 0.3) is 11.0 Å². The zero-order valence-electron chi connectivity index (χ0n) is 11.1. The highest BCUT2D eigenvalue weighted by atomic mass is 16.5. The third-order valence-electron chi connectivity index (χ3n) is 2.97. The van der Waals surface area contributed by atoms with Crippen molar-refractivity contribution in [3.63, 3.8) is 0 Å². The van der Waals surface area contributed by atoms with Gasteiger partial charge in [-0.25, -0.2) is 4.98 Å². The first-order valence-corrected chi connectivity index (χ1v) is 6.45. The topological polar surface area (TPSA) is 84.7 Å². The number of para-hydroxylation sites is 2. The average Bonchev–Trinajstić information content (AvgIpc) is 3.02. The second kappa shape index (κ2) is 5.24. The molecule has 6 heteroatoms. The largest absolute Gasteiger partial charge is 0.342 e. The molecule has 0 aliphatic heterocycles. The van der Waals surface area contributed by atoms with Gasteiger partial charge in [0.1, 0.15) is 11.6 Å². The minimum atomic E-state index is 0.113. The minimum absolute atomic E-state index is 0.113. The van der Waals surface area contributed by atoms with E-state index in [-0.39, 0.29) is 5.78 Å². The predicted molar refractivity (Wildman–Crippen MR) is 72.2 cm³/mol. The number of rotatable bonds is 5. The molecule has 102 valence electrons. The van der Waals surface area contributed by atoms with E-state index in [0.29, 0.717) is 31.0 Å². The first-order valence-electron chi connectivity index (χ1n) is 6.45. The second-order valence-electron chi connectivity index (χ2n) is 4.68. The number of hydrogen-bond acceptors (Lipinski definition) is 5. The number of nitrogens with zero attached hydrogens (tertiary/aromatic N) is 3. The lowest BCUT2D eigenvalue weighted by molar-refractivity contribution is -0.117. The van der Waals surface area contributed by atoms with Crippen molar-refractivity contribution in [1.29, 1.82) is 0 Å². The highest BCUT2D eigenvalue weighted by Crippen LogP contribution is 2.12. The van der Waals surface area contributed by atoms with Crippen LogP contribution in [0.15, 0.2) is 28.8 Å². The van der Waals surface area contributed by atoms with Crippen LogP contribution in [-0.4, -0.2) is 25.9 Å². The van der Waals surface area contributed by atoms with Gasteiger partial charge in [0, 0.05) is 12.8 Å². The number of H-pyrrole nitrogens is 1. The molecule has 0 amide bonds. The van der Waals surface area contributed by atoms with Gasteiger partial charge in [0.2, 0.25) is 5.89 Å². The highest BCUT2D eigenvalue weighted by molar-refractivity contribution is 5.75. The molecular weight excluding hydrogens is 256 g/mol. The van der Waals surface area contributed by atoms with Crippen molar-refractivity contribution >= 4 is 16.8 Å². The van der Waals surface area contributed by atoms with Crippen molar-refractivity contribution in [3.05, 3.63) is 41.8 Å². The number of Topliss-reactive ketones (excluding diaryl/α,β-unsaturated/α-hetero) is 1. The maximum absolute atomic E-state index is 10.9. The number of benzene rings is 1. The fourth-order valence-corrected chi connectivity index (χ4v) is 1.99. The van der Waals surface area contributed by atoms with Crippen LogP contribution in [-0.2, 0) is 17.6 Å². The molecule has 0 aliphatic rings. The van der Waals surface area contributed by atoms with Gasteiger partial charge in [-0.3, -0.25) is 0 Å². The van der Waals surface area contributed by atoms with Crippen molar-refractivity contribution in [1.82, 2.24) is 20.1 Å². The normalized spacial score (nSPS) is 11.1. The molecule has 0 unspecified atom stereocenters. The summed E-state index contributed by atoms with van der Waals surface area (Å²) in [7, 11) is 0. The van der Waals surface area contributed by atoms with Crippen molar-refractivity contribution in [3.8, 4) is 0 Å². The summed E-state index contributed by atoms with van der Waals surface area (Å²) in [5, 5.41) is 3.90. The fourth-order valence-electron chi connectivity index (χ4n) is 1.99. The lowest BCUT2D eigenvalue weighted by atomic mass is 10.2. The van der Waals surface area contributed by atoms with Crippen LogP contribution >= 0.6 is 0 Å². The number of carbonyl (C=O) groups is 1. The first kappa shape index (κ1) is 12.5. The van der Waals surface area contributed by atoms with Crippen LogP contribution in [0, 0.1) is 0 Å². The summed E-state index contributed by atoms with van der Waals surface area (Å²) < 4.78 is 5.11. The molecule has 3 rings (SSSR count). The fraction of sp³-hybridized carbons (Fsp3) is 0.286. The van der Waals surface area contributed by atoms with Gasteiger partial charge >= 0.3 is 0 Å². The number of hydrogen-bond donors (Lipinski definition) is 1. The summed E-state index contributed by atoms with van der Waals surface area (Å²) >= 11 is 0. The molecule has 0 bridgehead atoms. The number of nitrogens with one attached hydrogen (secondary N) is 1. The maximum atomic E-state index is 10.9. The lowest BCUT2D eigenvalue weighted by Crippen LogP contribution is -1.96. The Labute approximate surface area is 115 Å². The molecule has 0 radical (unpaired) electrons. The van der Waals surface area contributed by atoms with Gasteiger partial charge in [0.25, 0.3) is 0 Å². The van der Waals surface area contributed by atoms with E-state index in [1.165, 1.54) is 0 Å². The molecule has 0 saturated carbocycles. The second-order valence-corrected chi connectivity index (χ2v) is 4.68. The Bertz CT molecular complexity index is 711. The molecule has 2 aromatic heterocycles. The molecule has 1 N–H and O–H groups in total. The standard InChI is InChI=1S/C14H14N4O2/c1-9(19)6-7-14-17-13(18-20-14)8-12-15-10-4-2-3-5-11(10)16-12/h2-5H,6-8H2,1H3,(H,15,16). The van der Waals surface area contributed by atoms with Gasteiger partial charge in [-0.15, -0.1) is 0 Å². The Kier molecular flexibility index (Phi) is 3.28. The number of carbonyl (C=O) groups excluding carboxylic acids is 1. The number of fused-ring (bicyclic) bond motifs is 1. The molecule has 0 fully saturated rings. The zero-order chi connectivity index (χ0) is 13.9. The molecule has 3 aromatic rings. The SMILES string of the molecule is CC(=O)CCc1nc(Cc2nc3ccccc3[nH]2)no1. The number of imidazole rings is 1. The van der Waals surface area contributed by atoms with E-state index in [1.807, 2.05) is 24.3 Å². The van der Waals surface area contributed by atoms with Gasteiger partial charge in [-0.2, -0.15) is 4.98 Å². The van der Waals surface area contributed by atoms with E-state index in [9.17, 15) is 4.79 Å².